The van der Waals surface area contributed by atoms with Crippen molar-refractivity contribution < 1.29 is 10.2 Å². The van der Waals surface area contributed by atoms with E-state index in [1.54, 1.807) is 0 Å². The van der Waals surface area contributed by atoms with Gasteiger partial charge in [-0.05, 0) is 0 Å². The normalized spacial score (nSPS) is 49.2. The summed E-state index contributed by atoms with van der Waals surface area (Å²) >= 11 is -0.537. The Kier molecular flexibility index (Phi) is 2.75. The van der Waals surface area contributed by atoms with Gasteiger partial charge in [0, 0.05) is 0 Å². The van der Waals surface area contributed by atoms with E-state index in [1.807, 2.05) is 6.92 Å². The summed E-state index contributed by atoms with van der Waals surface area (Å²) < 4.78 is 0. The van der Waals surface area contributed by atoms with E-state index in [9.17, 15) is 10.2 Å². The van der Waals surface area contributed by atoms with E-state index in [2.05, 4.69) is 5.82 Å². The third-order valence-electron chi connectivity index (χ3n) is 1.98. The van der Waals surface area contributed by atoms with Gasteiger partial charge in [-0.1, -0.05) is 0 Å². The Hall–Kier alpha value is 0.439. The first-order valence-corrected chi connectivity index (χ1v) is 7.70. The molecule has 1 aliphatic rings. The molecule has 0 spiro atoms. The van der Waals surface area contributed by atoms with Crippen LogP contribution < -0.4 is 0 Å². The van der Waals surface area contributed by atoms with Gasteiger partial charge in [0.25, 0.3) is 0 Å². The summed E-state index contributed by atoms with van der Waals surface area (Å²) in [6.45, 7) is 2.02. The number of aliphatic hydroxyl groups excluding tert-OH is 2. The summed E-state index contributed by atoms with van der Waals surface area (Å²) in [7, 11) is 0. The van der Waals surface area contributed by atoms with Crippen LogP contribution in [0.3, 0.4) is 0 Å². The van der Waals surface area contributed by atoms with Gasteiger partial charge >= 0.3 is 65.6 Å². The van der Waals surface area contributed by atoms with E-state index in [0.717, 1.165) is 10.6 Å². The van der Waals surface area contributed by atoms with Crippen LogP contribution in [0.1, 0.15) is 6.92 Å². The van der Waals surface area contributed by atoms with Crippen molar-refractivity contribution in [1.82, 2.24) is 0 Å². The van der Waals surface area contributed by atoms with Crippen LogP contribution in [-0.2, 0) is 0 Å². The Morgan fingerprint density at radius 1 is 1.30 bits per heavy atom. The Balaban J connectivity index is 2.49. The second kappa shape index (κ2) is 3.22. The summed E-state index contributed by atoms with van der Waals surface area (Å²) in [4.78, 5) is 0. The van der Waals surface area contributed by atoms with Crippen LogP contribution in [-0.4, -0.2) is 36.3 Å². The molecule has 10 heavy (non-hydrogen) atoms. The summed E-state index contributed by atoms with van der Waals surface area (Å²) in [5.74, 6) is 2.56. The van der Waals surface area contributed by atoms with E-state index in [-0.39, 0.29) is 0 Å². The Morgan fingerprint density at radius 3 is 2.40 bits per heavy atom. The van der Waals surface area contributed by atoms with Crippen molar-refractivity contribution >= 4 is 13.9 Å². The van der Waals surface area contributed by atoms with Gasteiger partial charge in [0.2, 0.25) is 0 Å². The Bertz CT molecular complexity index is 106. The monoisotopic (exact) mass is 211 g/mol. The summed E-state index contributed by atoms with van der Waals surface area (Å²) in [6, 6.07) is 0. The molecule has 2 N–H and O–H groups in total. The maximum atomic E-state index is 9.33. The second-order valence-corrected chi connectivity index (χ2v) is 7.83. The van der Waals surface area contributed by atoms with Gasteiger partial charge in [-0.25, -0.2) is 0 Å². The van der Waals surface area contributed by atoms with Crippen LogP contribution in [0, 0.1) is 5.92 Å². The summed E-state index contributed by atoms with van der Waals surface area (Å²) in [5.41, 5.74) is 0. The van der Waals surface area contributed by atoms with Gasteiger partial charge in [0.15, 0.2) is 0 Å². The number of rotatable bonds is 0. The molecule has 1 fully saturated rings. The van der Waals surface area contributed by atoms with E-state index in [1.165, 1.54) is 0 Å². The van der Waals surface area contributed by atoms with Crippen molar-refractivity contribution in [2.45, 2.75) is 35.6 Å². The van der Waals surface area contributed by atoms with Crippen LogP contribution in [0.4, 0.5) is 0 Å². The molecule has 0 amide bonds. The molecule has 0 bridgehead atoms. The van der Waals surface area contributed by atoms with Crippen molar-refractivity contribution in [3.8, 4) is 0 Å². The third kappa shape index (κ3) is 1.73. The molecule has 1 unspecified atom stereocenters. The first-order chi connectivity index (χ1) is 4.61. The van der Waals surface area contributed by atoms with Crippen LogP contribution in [0.15, 0.2) is 0 Å². The molecule has 1 rings (SSSR count). The molecule has 0 saturated carbocycles. The SMILES string of the molecule is C[C@@H]1C[Se+](C)C[C@H](O)[C@@H]1O. The van der Waals surface area contributed by atoms with Crippen molar-refractivity contribution in [2.24, 2.45) is 5.92 Å². The predicted octanol–water partition coefficient (Wildman–Crippen LogP) is 0.482. The van der Waals surface area contributed by atoms with Gasteiger partial charge < -0.3 is 0 Å². The molecule has 0 radical (unpaired) electrons. The number of aliphatic hydroxyl groups is 2. The Labute approximate surface area is 66.1 Å². The molecule has 4 atom stereocenters. The van der Waals surface area contributed by atoms with E-state index in [4.69, 9.17) is 0 Å². The molecule has 0 aromatic heterocycles. The second-order valence-electron chi connectivity index (χ2n) is 3.15. The molecule has 0 aromatic rings. The molecule has 60 valence electrons. The quantitative estimate of drug-likeness (QED) is 0.571. The summed E-state index contributed by atoms with van der Waals surface area (Å²) in [5, 5.41) is 20.7. The third-order valence-corrected chi connectivity index (χ3v) is 6.19. The predicted molar refractivity (Wildman–Crippen MR) is 42.4 cm³/mol. The van der Waals surface area contributed by atoms with Crippen LogP contribution in [0.5, 0.6) is 0 Å². The van der Waals surface area contributed by atoms with Crippen molar-refractivity contribution in [3.05, 3.63) is 0 Å². The van der Waals surface area contributed by atoms with Crippen LogP contribution in [0.25, 0.3) is 0 Å². The van der Waals surface area contributed by atoms with Gasteiger partial charge in [0.1, 0.15) is 0 Å². The molecule has 0 aromatic carbocycles. The topological polar surface area (TPSA) is 40.5 Å². The van der Waals surface area contributed by atoms with Crippen molar-refractivity contribution in [1.29, 1.82) is 0 Å². The van der Waals surface area contributed by atoms with E-state index >= 15 is 0 Å². The zero-order chi connectivity index (χ0) is 7.72. The van der Waals surface area contributed by atoms with Crippen LogP contribution >= 0.6 is 0 Å². The van der Waals surface area contributed by atoms with Crippen molar-refractivity contribution in [3.63, 3.8) is 0 Å². The molecule has 0 aliphatic carbocycles. The molecule has 2 nitrogen and oxygen atoms in total. The van der Waals surface area contributed by atoms with E-state index < -0.39 is 26.1 Å². The number of hydrogen-bond donors (Lipinski definition) is 2. The average Bonchev–Trinajstić information content (AvgIpc) is 1.82. The fourth-order valence-electron chi connectivity index (χ4n) is 1.38. The molecular formula is C7H15O2Se+. The van der Waals surface area contributed by atoms with Gasteiger partial charge in [0.05, 0.1) is 0 Å². The standard InChI is InChI=1S/C7H15O2Se/c1-5-3-10(2)4-6(8)7(5)9/h5-9H,3-4H2,1-2H3/q+1/t5-,6+,7-,10?/m1/s1. The minimum absolute atomic E-state index is 0.318. The molecule has 3 heteroatoms. The molecule has 1 heterocycles. The Morgan fingerprint density at radius 2 is 1.90 bits per heavy atom. The van der Waals surface area contributed by atoms with Gasteiger partial charge in [-0.2, -0.15) is 0 Å². The first-order valence-electron chi connectivity index (χ1n) is 3.56. The fourth-order valence-corrected chi connectivity index (χ4v) is 5.60. The molecule has 1 aliphatic heterocycles. The van der Waals surface area contributed by atoms with E-state index in [0.29, 0.717) is 5.92 Å². The zero-order valence-electron chi connectivity index (χ0n) is 6.45. The maximum absolute atomic E-state index is 9.33. The van der Waals surface area contributed by atoms with Crippen molar-refractivity contribution in [2.75, 3.05) is 0 Å². The minimum atomic E-state index is -0.537. The summed E-state index contributed by atoms with van der Waals surface area (Å²) in [6.07, 6.45) is -0.890. The molecular weight excluding hydrogens is 195 g/mol. The average molecular weight is 210 g/mol. The molecule has 1 saturated heterocycles. The van der Waals surface area contributed by atoms with Gasteiger partial charge in [-0.3, -0.25) is 0 Å². The van der Waals surface area contributed by atoms with Crippen LogP contribution in [0.2, 0.25) is 16.5 Å². The van der Waals surface area contributed by atoms with Gasteiger partial charge in [-0.15, -0.1) is 0 Å². The fraction of sp³-hybridized carbons (Fsp3) is 1.00. The zero-order valence-corrected chi connectivity index (χ0v) is 8.16. The first kappa shape index (κ1) is 8.54. The number of hydrogen-bond acceptors (Lipinski definition) is 2.